The maximum absolute atomic E-state index is 5.58. The first-order chi connectivity index (χ1) is 14.6. The minimum atomic E-state index is 0.647. The monoisotopic (exact) mass is 419 g/mol. The molecule has 1 aromatic carbocycles. The average Bonchev–Trinajstić information content (AvgIpc) is 2.84. The second-order valence-corrected chi connectivity index (χ2v) is 9.11. The summed E-state index contributed by atoms with van der Waals surface area (Å²) in [5, 5.41) is 0. The lowest BCUT2D eigenvalue weighted by Crippen LogP contribution is -2.26. The third-order valence-electron chi connectivity index (χ3n) is 6.83. The lowest BCUT2D eigenvalue weighted by molar-refractivity contribution is 0.277. The minimum absolute atomic E-state index is 0.647. The van der Waals surface area contributed by atoms with E-state index in [1.807, 2.05) is 0 Å². The van der Waals surface area contributed by atoms with Crippen molar-refractivity contribution < 1.29 is 0 Å². The van der Waals surface area contributed by atoms with Crippen LogP contribution >= 0.6 is 0 Å². The van der Waals surface area contributed by atoms with Crippen molar-refractivity contribution in [3.63, 3.8) is 0 Å². The normalized spacial score (nSPS) is 26.1. The molecule has 2 saturated carbocycles. The van der Waals surface area contributed by atoms with E-state index in [4.69, 9.17) is 28.7 Å². The third kappa shape index (κ3) is 10.9. The van der Waals surface area contributed by atoms with Crippen molar-refractivity contribution in [1.82, 2.24) is 0 Å². The van der Waals surface area contributed by atoms with Crippen molar-refractivity contribution in [2.75, 3.05) is 26.2 Å². The Morgan fingerprint density at radius 1 is 0.667 bits per heavy atom. The van der Waals surface area contributed by atoms with Crippen molar-refractivity contribution in [2.24, 2.45) is 52.3 Å². The number of benzene rings is 1. The van der Waals surface area contributed by atoms with E-state index < -0.39 is 0 Å². The van der Waals surface area contributed by atoms with Gasteiger partial charge in [0, 0.05) is 6.54 Å². The van der Waals surface area contributed by atoms with Crippen LogP contribution in [0.1, 0.15) is 69.4 Å². The minimum Gasteiger partial charge on any atom is -0.330 e. The summed E-state index contributed by atoms with van der Waals surface area (Å²) in [6, 6.07) is 8.39. The van der Waals surface area contributed by atoms with Gasteiger partial charge in [-0.3, -0.25) is 0 Å². The van der Waals surface area contributed by atoms with Gasteiger partial charge in [0.05, 0.1) is 0 Å². The molecule has 2 aliphatic carbocycles. The molecule has 2 unspecified atom stereocenters. The van der Waals surface area contributed by atoms with Gasteiger partial charge in [-0.2, -0.15) is 0 Å². The Hall–Kier alpha value is -0.980. The Kier molecular flexibility index (Phi) is 15.0. The van der Waals surface area contributed by atoms with Crippen LogP contribution in [-0.2, 0) is 13.0 Å². The molecule has 0 heterocycles. The zero-order valence-electron chi connectivity index (χ0n) is 19.4. The Labute approximate surface area is 185 Å². The first-order valence-corrected chi connectivity index (χ1v) is 12.2. The molecule has 0 aliphatic heterocycles. The standard InChI is InChI=1S/C9H13N.2C8H18N2/c1-2-8-4-3-5-9(6-8)7-10;9-5-7-1-2-8(6-10)4-3-7;9-5-7-2-1-3-8(4-7)6-10/h3-6H,2,7,10H2,1H3;2*7-8H,1-6,9-10H2. The third-order valence-corrected chi connectivity index (χ3v) is 6.83. The number of rotatable bonds is 6. The van der Waals surface area contributed by atoms with Gasteiger partial charge in [-0.25, -0.2) is 0 Å². The number of hydrogen-bond donors (Lipinski definition) is 5. The summed E-state index contributed by atoms with van der Waals surface area (Å²) < 4.78 is 0. The molecule has 1 aromatic rings. The second-order valence-electron chi connectivity index (χ2n) is 9.11. The summed E-state index contributed by atoms with van der Waals surface area (Å²) in [5.41, 5.74) is 30.3. The summed E-state index contributed by atoms with van der Waals surface area (Å²) in [5.74, 6) is 3.12. The molecular formula is C25H49N5. The fourth-order valence-electron chi connectivity index (χ4n) is 4.51. The first-order valence-electron chi connectivity index (χ1n) is 12.2. The summed E-state index contributed by atoms with van der Waals surface area (Å²) in [4.78, 5) is 0. The number of hydrogen-bond acceptors (Lipinski definition) is 5. The number of nitrogens with two attached hydrogens (primary N) is 5. The van der Waals surface area contributed by atoms with Crippen LogP contribution in [0.2, 0.25) is 0 Å². The van der Waals surface area contributed by atoms with E-state index in [0.29, 0.717) is 6.54 Å². The topological polar surface area (TPSA) is 130 Å². The molecule has 10 N–H and O–H groups in total. The highest BCUT2D eigenvalue weighted by Crippen LogP contribution is 2.27. The highest BCUT2D eigenvalue weighted by molar-refractivity contribution is 5.22. The summed E-state index contributed by atoms with van der Waals surface area (Å²) >= 11 is 0. The van der Waals surface area contributed by atoms with Crippen LogP contribution in [0.25, 0.3) is 0 Å². The van der Waals surface area contributed by atoms with Crippen molar-refractivity contribution in [2.45, 2.75) is 71.3 Å². The van der Waals surface area contributed by atoms with Crippen molar-refractivity contribution >= 4 is 0 Å². The van der Waals surface area contributed by atoms with Gasteiger partial charge in [0.1, 0.15) is 0 Å². The Balaban J connectivity index is 0.000000225. The maximum Gasteiger partial charge on any atom is 0.0178 e. The molecule has 0 spiro atoms. The van der Waals surface area contributed by atoms with E-state index in [1.54, 1.807) is 0 Å². The van der Waals surface area contributed by atoms with E-state index in [2.05, 4.69) is 31.2 Å². The van der Waals surface area contributed by atoms with Gasteiger partial charge >= 0.3 is 0 Å². The van der Waals surface area contributed by atoms with E-state index in [1.165, 1.54) is 62.5 Å². The van der Waals surface area contributed by atoms with Gasteiger partial charge in [-0.1, -0.05) is 37.6 Å². The lowest BCUT2D eigenvalue weighted by atomic mass is 9.81. The Morgan fingerprint density at radius 2 is 1.13 bits per heavy atom. The lowest BCUT2D eigenvalue weighted by Gasteiger charge is -2.26. The van der Waals surface area contributed by atoms with Crippen molar-refractivity contribution in [3.05, 3.63) is 35.4 Å². The van der Waals surface area contributed by atoms with Crippen LogP contribution in [0.4, 0.5) is 0 Å². The molecule has 3 rings (SSSR count). The molecule has 0 amide bonds. The number of aryl methyl sites for hydroxylation is 1. The van der Waals surface area contributed by atoms with Gasteiger partial charge in [0.15, 0.2) is 0 Å². The molecule has 5 nitrogen and oxygen atoms in total. The molecular weight excluding hydrogens is 370 g/mol. The van der Waals surface area contributed by atoms with Gasteiger partial charge in [0.2, 0.25) is 0 Å². The van der Waals surface area contributed by atoms with Crippen LogP contribution in [0.3, 0.4) is 0 Å². The molecule has 2 atom stereocenters. The fraction of sp³-hybridized carbons (Fsp3) is 0.760. The van der Waals surface area contributed by atoms with Gasteiger partial charge in [-0.05, 0) is 112 Å². The predicted octanol–water partition coefficient (Wildman–Crippen LogP) is 3.13. The Bertz CT molecular complexity index is 487. The molecule has 0 radical (unpaired) electrons. The first kappa shape index (κ1) is 27.1. The van der Waals surface area contributed by atoms with Gasteiger partial charge in [0.25, 0.3) is 0 Å². The molecule has 30 heavy (non-hydrogen) atoms. The van der Waals surface area contributed by atoms with Gasteiger partial charge < -0.3 is 28.7 Å². The van der Waals surface area contributed by atoms with Crippen LogP contribution < -0.4 is 28.7 Å². The predicted molar refractivity (Wildman–Crippen MR) is 131 cm³/mol. The SMILES string of the molecule is CCc1cccc(CN)c1.NCC1CCC(CN)CC1.NCC1CCCC(CN)C1. The molecule has 0 aromatic heterocycles. The average molecular weight is 420 g/mol. The second kappa shape index (κ2) is 16.7. The van der Waals surface area contributed by atoms with E-state index in [-0.39, 0.29) is 0 Å². The molecule has 2 aliphatic rings. The Morgan fingerprint density at radius 3 is 1.53 bits per heavy atom. The molecule has 2 fully saturated rings. The van der Waals surface area contributed by atoms with Crippen LogP contribution in [0.5, 0.6) is 0 Å². The summed E-state index contributed by atoms with van der Waals surface area (Å²) in [7, 11) is 0. The van der Waals surface area contributed by atoms with E-state index >= 15 is 0 Å². The highest BCUT2D eigenvalue weighted by Gasteiger charge is 2.19. The van der Waals surface area contributed by atoms with Crippen molar-refractivity contribution in [1.29, 1.82) is 0 Å². The zero-order chi connectivity index (χ0) is 22.2. The quantitative estimate of drug-likeness (QED) is 0.483. The molecule has 5 heteroatoms. The fourth-order valence-corrected chi connectivity index (χ4v) is 4.51. The maximum atomic E-state index is 5.58. The molecule has 0 saturated heterocycles. The highest BCUT2D eigenvalue weighted by atomic mass is 14.6. The smallest absolute Gasteiger partial charge is 0.0178 e. The van der Waals surface area contributed by atoms with E-state index in [0.717, 1.165) is 56.3 Å². The molecule has 174 valence electrons. The summed E-state index contributed by atoms with van der Waals surface area (Å²) in [6.45, 7) is 6.26. The zero-order valence-corrected chi connectivity index (χ0v) is 19.4. The molecule has 0 bridgehead atoms. The van der Waals surface area contributed by atoms with Gasteiger partial charge in [-0.15, -0.1) is 0 Å². The van der Waals surface area contributed by atoms with Crippen LogP contribution in [0, 0.1) is 23.7 Å². The van der Waals surface area contributed by atoms with E-state index in [9.17, 15) is 0 Å². The van der Waals surface area contributed by atoms with Crippen LogP contribution in [-0.4, -0.2) is 26.2 Å². The largest absolute Gasteiger partial charge is 0.330 e. The van der Waals surface area contributed by atoms with Crippen LogP contribution in [0.15, 0.2) is 24.3 Å². The summed E-state index contributed by atoms with van der Waals surface area (Å²) in [6.07, 6.45) is 11.6. The van der Waals surface area contributed by atoms with Crippen molar-refractivity contribution in [3.8, 4) is 0 Å².